The van der Waals surface area contributed by atoms with E-state index in [9.17, 15) is 4.79 Å². The van der Waals surface area contributed by atoms with Gasteiger partial charge >= 0.3 is 0 Å². The fourth-order valence-corrected chi connectivity index (χ4v) is 2.41. The molecule has 8 heteroatoms. The number of hydrogen-bond donors (Lipinski definition) is 3. The molecule has 0 radical (unpaired) electrons. The van der Waals surface area contributed by atoms with Crippen molar-refractivity contribution in [2.75, 3.05) is 29.0 Å². The third-order valence-corrected chi connectivity index (χ3v) is 3.35. The van der Waals surface area contributed by atoms with Crippen molar-refractivity contribution in [3.63, 3.8) is 0 Å². The molecular weight excluding hydrogens is 258 g/mol. The third kappa shape index (κ3) is 2.14. The summed E-state index contributed by atoms with van der Waals surface area (Å²) in [7, 11) is 0. The van der Waals surface area contributed by atoms with Gasteiger partial charge in [-0.05, 0) is 6.42 Å². The van der Waals surface area contributed by atoms with Gasteiger partial charge in [-0.2, -0.15) is 9.61 Å². The molecule has 106 valence electrons. The van der Waals surface area contributed by atoms with Gasteiger partial charge in [0.2, 0.25) is 5.91 Å². The molecule has 0 bridgehead atoms. The zero-order valence-corrected chi connectivity index (χ0v) is 11.2. The molecule has 5 N–H and O–H groups in total. The molecule has 1 aliphatic rings. The Hall–Kier alpha value is -2.35. The van der Waals surface area contributed by atoms with Crippen LogP contribution in [0.2, 0.25) is 0 Å². The molecule has 0 aromatic carbocycles. The van der Waals surface area contributed by atoms with Crippen molar-refractivity contribution in [3.8, 4) is 0 Å². The first kappa shape index (κ1) is 12.7. The molecule has 1 amide bonds. The van der Waals surface area contributed by atoms with Crippen molar-refractivity contribution in [1.29, 1.82) is 0 Å². The fraction of sp³-hybridized carbons (Fsp3) is 0.417. The Balaban J connectivity index is 2.04. The van der Waals surface area contributed by atoms with E-state index in [4.69, 9.17) is 11.5 Å². The second kappa shape index (κ2) is 4.64. The van der Waals surface area contributed by atoms with Crippen LogP contribution in [-0.4, -0.2) is 39.6 Å². The number of anilines is 3. The Morgan fingerprint density at radius 1 is 1.55 bits per heavy atom. The van der Waals surface area contributed by atoms with Crippen LogP contribution in [0.25, 0.3) is 5.65 Å². The van der Waals surface area contributed by atoms with E-state index in [0.29, 0.717) is 17.2 Å². The number of nitrogens with one attached hydrogen (secondary N) is 1. The van der Waals surface area contributed by atoms with Crippen LogP contribution in [-0.2, 0) is 4.79 Å². The molecule has 0 saturated carbocycles. The molecule has 1 atom stereocenters. The predicted molar refractivity (Wildman–Crippen MR) is 76.5 cm³/mol. The van der Waals surface area contributed by atoms with E-state index in [2.05, 4.69) is 20.3 Å². The monoisotopic (exact) mass is 275 g/mol. The quantitative estimate of drug-likeness (QED) is 0.699. The number of carbonyl (C=O) groups is 1. The fourth-order valence-electron chi connectivity index (χ4n) is 2.41. The Bertz CT molecular complexity index is 665. The van der Waals surface area contributed by atoms with Crippen LogP contribution in [0.3, 0.4) is 0 Å². The summed E-state index contributed by atoms with van der Waals surface area (Å²) in [5.41, 5.74) is 13.0. The van der Waals surface area contributed by atoms with Gasteiger partial charge in [0, 0.05) is 32.1 Å². The second-order valence-electron chi connectivity index (χ2n) is 5.01. The molecule has 0 aliphatic carbocycles. The maximum absolute atomic E-state index is 11.2. The van der Waals surface area contributed by atoms with Crippen molar-refractivity contribution in [1.82, 2.24) is 14.6 Å². The van der Waals surface area contributed by atoms with Gasteiger partial charge in [-0.15, -0.1) is 0 Å². The number of nitrogens with two attached hydrogens (primary N) is 2. The zero-order chi connectivity index (χ0) is 14.3. The standard InChI is InChI=1S/C12H17N7O/c1-7(20)16-9-5-15-19-10(14)4-11(17-12(9)19)18-3-2-8(13)6-18/h4-5,8H,2-3,6,13-14H2,1H3,(H,16,20)/t8-/m0/s1. The predicted octanol–water partition coefficient (Wildman–Crippen LogP) is -0.193. The molecule has 20 heavy (non-hydrogen) atoms. The minimum absolute atomic E-state index is 0.161. The lowest BCUT2D eigenvalue weighted by Crippen LogP contribution is -2.27. The maximum Gasteiger partial charge on any atom is 0.221 e. The van der Waals surface area contributed by atoms with E-state index in [1.165, 1.54) is 11.4 Å². The number of carbonyl (C=O) groups excluding carboxylic acids is 1. The lowest BCUT2D eigenvalue weighted by molar-refractivity contribution is -0.114. The van der Waals surface area contributed by atoms with Gasteiger partial charge in [-0.1, -0.05) is 0 Å². The smallest absolute Gasteiger partial charge is 0.221 e. The van der Waals surface area contributed by atoms with Crippen LogP contribution in [0.5, 0.6) is 0 Å². The van der Waals surface area contributed by atoms with E-state index < -0.39 is 0 Å². The van der Waals surface area contributed by atoms with Gasteiger partial charge in [0.1, 0.15) is 17.3 Å². The summed E-state index contributed by atoms with van der Waals surface area (Å²) in [5, 5.41) is 6.82. The SMILES string of the molecule is CC(=O)Nc1cnn2c(N)cc(N3CC[C@H](N)C3)nc12. The Labute approximate surface area is 115 Å². The Morgan fingerprint density at radius 3 is 3.00 bits per heavy atom. The number of nitrogen functional groups attached to an aromatic ring is 1. The molecule has 3 heterocycles. The molecular formula is C12H17N7O. The van der Waals surface area contributed by atoms with Gasteiger partial charge < -0.3 is 21.7 Å². The number of nitrogens with zero attached hydrogens (tertiary/aromatic N) is 4. The normalized spacial score (nSPS) is 18.7. The first-order valence-corrected chi connectivity index (χ1v) is 6.47. The van der Waals surface area contributed by atoms with Crippen molar-refractivity contribution < 1.29 is 4.79 Å². The summed E-state index contributed by atoms with van der Waals surface area (Å²) in [5.74, 6) is 1.06. The second-order valence-corrected chi connectivity index (χ2v) is 5.01. The van der Waals surface area contributed by atoms with Gasteiger partial charge in [0.25, 0.3) is 0 Å². The molecule has 0 unspecified atom stereocenters. The lowest BCUT2D eigenvalue weighted by Gasteiger charge is -2.17. The van der Waals surface area contributed by atoms with E-state index in [1.54, 1.807) is 12.3 Å². The van der Waals surface area contributed by atoms with Crippen molar-refractivity contribution in [2.45, 2.75) is 19.4 Å². The summed E-state index contributed by atoms with van der Waals surface area (Å²) in [6, 6.07) is 1.93. The highest BCUT2D eigenvalue weighted by atomic mass is 16.1. The summed E-state index contributed by atoms with van der Waals surface area (Å²) < 4.78 is 1.50. The Kier molecular flexibility index (Phi) is 2.94. The largest absolute Gasteiger partial charge is 0.383 e. The van der Waals surface area contributed by atoms with Gasteiger partial charge in [0.15, 0.2) is 5.65 Å². The maximum atomic E-state index is 11.2. The van der Waals surface area contributed by atoms with Crippen LogP contribution in [0.1, 0.15) is 13.3 Å². The van der Waals surface area contributed by atoms with Gasteiger partial charge in [-0.3, -0.25) is 4.79 Å². The third-order valence-electron chi connectivity index (χ3n) is 3.35. The summed E-state index contributed by atoms with van der Waals surface area (Å²) in [6.07, 6.45) is 2.48. The highest BCUT2D eigenvalue weighted by Gasteiger charge is 2.22. The summed E-state index contributed by atoms with van der Waals surface area (Å²) in [6.45, 7) is 3.05. The molecule has 2 aromatic rings. The average molecular weight is 275 g/mol. The zero-order valence-electron chi connectivity index (χ0n) is 11.2. The Morgan fingerprint density at radius 2 is 2.35 bits per heavy atom. The van der Waals surface area contributed by atoms with Crippen LogP contribution in [0.15, 0.2) is 12.3 Å². The summed E-state index contributed by atoms with van der Waals surface area (Å²) >= 11 is 0. The average Bonchev–Trinajstić information content (AvgIpc) is 2.96. The summed E-state index contributed by atoms with van der Waals surface area (Å²) in [4.78, 5) is 17.8. The van der Waals surface area contributed by atoms with Gasteiger partial charge in [0.05, 0.1) is 6.20 Å². The van der Waals surface area contributed by atoms with Crippen molar-refractivity contribution in [2.24, 2.45) is 5.73 Å². The van der Waals surface area contributed by atoms with Crippen molar-refractivity contribution in [3.05, 3.63) is 12.3 Å². The minimum atomic E-state index is -0.172. The molecule has 8 nitrogen and oxygen atoms in total. The highest BCUT2D eigenvalue weighted by molar-refractivity contribution is 5.92. The molecule has 2 aromatic heterocycles. The minimum Gasteiger partial charge on any atom is -0.383 e. The molecule has 1 fully saturated rings. The first-order chi connectivity index (χ1) is 9.54. The number of rotatable bonds is 2. The van der Waals surface area contributed by atoms with E-state index in [1.807, 2.05) is 0 Å². The number of amides is 1. The molecule has 1 aliphatic heterocycles. The lowest BCUT2D eigenvalue weighted by atomic mass is 10.3. The molecule has 3 rings (SSSR count). The number of hydrogen-bond acceptors (Lipinski definition) is 6. The van der Waals surface area contributed by atoms with Crippen LogP contribution >= 0.6 is 0 Å². The topological polar surface area (TPSA) is 115 Å². The van der Waals surface area contributed by atoms with Crippen LogP contribution in [0.4, 0.5) is 17.3 Å². The molecule has 1 saturated heterocycles. The van der Waals surface area contributed by atoms with E-state index in [-0.39, 0.29) is 11.9 Å². The number of aromatic nitrogens is 3. The van der Waals surface area contributed by atoms with E-state index >= 15 is 0 Å². The number of fused-ring (bicyclic) bond motifs is 1. The van der Waals surface area contributed by atoms with E-state index in [0.717, 1.165) is 25.3 Å². The molecule has 0 spiro atoms. The highest BCUT2D eigenvalue weighted by Crippen LogP contribution is 2.24. The first-order valence-electron chi connectivity index (χ1n) is 6.47. The van der Waals surface area contributed by atoms with Crippen LogP contribution in [0, 0.1) is 0 Å². The van der Waals surface area contributed by atoms with Crippen LogP contribution < -0.4 is 21.7 Å². The van der Waals surface area contributed by atoms with Crippen molar-refractivity contribution >= 4 is 28.9 Å². The van der Waals surface area contributed by atoms with Gasteiger partial charge in [-0.25, -0.2) is 4.98 Å².